The van der Waals surface area contributed by atoms with Crippen LogP contribution < -0.4 is 10.1 Å². The van der Waals surface area contributed by atoms with Gasteiger partial charge in [-0.2, -0.15) is 0 Å². The fourth-order valence-corrected chi connectivity index (χ4v) is 3.12. The molecular formula is C22H20BrNOS. The molecule has 1 N–H and O–H groups in total. The first-order valence-corrected chi connectivity index (χ1v) is 9.62. The molecule has 0 radical (unpaired) electrons. The minimum Gasteiger partial charge on any atom is -0.488 e. The van der Waals surface area contributed by atoms with Crippen LogP contribution in [0.15, 0.2) is 77.3 Å². The molecule has 26 heavy (non-hydrogen) atoms. The van der Waals surface area contributed by atoms with Crippen LogP contribution in [0.3, 0.4) is 0 Å². The standard InChI is InChI=1S/C22H20BrNOS/c1-16-7-9-17(10-8-16)14-24-22(26)20-13-19(23)11-12-21(20)25-15-18-5-3-2-4-6-18/h2-13H,14-15H2,1H3,(H,24,26). The van der Waals surface area contributed by atoms with Crippen LogP contribution in [0.25, 0.3) is 0 Å². The first-order valence-electron chi connectivity index (χ1n) is 8.42. The molecule has 132 valence electrons. The average molecular weight is 426 g/mol. The summed E-state index contributed by atoms with van der Waals surface area (Å²) in [7, 11) is 0. The summed E-state index contributed by atoms with van der Waals surface area (Å²) < 4.78 is 6.99. The van der Waals surface area contributed by atoms with Crippen molar-refractivity contribution in [2.75, 3.05) is 0 Å². The lowest BCUT2D eigenvalue weighted by atomic mass is 10.1. The van der Waals surface area contributed by atoms with Gasteiger partial charge in [-0.25, -0.2) is 0 Å². The number of nitrogens with one attached hydrogen (secondary N) is 1. The quantitative estimate of drug-likeness (QED) is 0.504. The highest BCUT2D eigenvalue weighted by Crippen LogP contribution is 2.25. The van der Waals surface area contributed by atoms with Crippen LogP contribution in [0.4, 0.5) is 0 Å². The van der Waals surface area contributed by atoms with E-state index in [0.717, 1.165) is 21.3 Å². The highest BCUT2D eigenvalue weighted by molar-refractivity contribution is 9.10. The first-order chi connectivity index (χ1) is 12.6. The van der Waals surface area contributed by atoms with Gasteiger partial charge in [-0.15, -0.1) is 0 Å². The third-order valence-corrected chi connectivity index (χ3v) is 4.85. The number of hydrogen-bond donors (Lipinski definition) is 1. The first kappa shape index (κ1) is 18.6. The van der Waals surface area contributed by atoms with Crippen molar-refractivity contribution < 1.29 is 4.74 Å². The van der Waals surface area contributed by atoms with Crippen LogP contribution in [0.2, 0.25) is 0 Å². The summed E-state index contributed by atoms with van der Waals surface area (Å²) in [5.41, 5.74) is 4.46. The van der Waals surface area contributed by atoms with E-state index in [-0.39, 0.29) is 0 Å². The monoisotopic (exact) mass is 425 g/mol. The molecule has 0 spiro atoms. The normalized spacial score (nSPS) is 10.4. The van der Waals surface area contributed by atoms with E-state index in [1.54, 1.807) is 0 Å². The van der Waals surface area contributed by atoms with Crippen molar-refractivity contribution in [1.82, 2.24) is 5.32 Å². The second-order valence-electron chi connectivity index (χ2n) is 6.08. The fourth-order valence-electron chi connectivity index (χ4n) is 2.52. The van der Waals surface area contributed by atoms with Gasteiger partial charge in [0.15, 0.2) is 0 Å². The SMILES string of the molecule is Cc1ccc(CNC(=S)c2cc(Br)ccc2OCc2ccccc2)cc1. The second kappa shape index (κ2) is 8.97. The van der Waals surface area contributed by atoms with Gasteiger partial charge in [0.2, 0.25) is 0 Å². The van der Waals surface area contributed by atoms with E-state index < -0.39 is 0 Å². The molecule has 3 aromatic carbocycles. The van der Waals surface area contributed by atoms with Crippen LogP contribution in [-0.4, -0.2) is 4.99 Å². The Morgan fingerprint density at radius 2 is 1.69 bits per heavy atom. The summed E-state index contributed by atoms with van der Waals surface area (Å²) in [5.74, 6) is 0.776. The van der Waals surface area contributed by atoms with Gasteiger partial charge in [-0.05, 0) is 36.2 Å². The van der Waals surface area contributed by atoms with Crippen molar-refractivity contribution in [3.8, 4) is 5.75 Å². The van der Waals surface area contributed by atoms with E-state index in [0.29, 0.717) is 18.1 Å². The molecule has 3 rings (SSSR count). The van der Waals surface area contributed by atoms with Crippen LogP contribution in [0.1, 0.15) is 22.3 Å². The Bertz CT molecular complexity index is 878. The Kier molecular flexibility index (Phi) is 6.42. The Morgan fingerprint density at radius 3 is 2.42 bits per heavy atom. The molecule has 0 aromatic heterocycles. The molecule has 0 bridgehead atoms. The van der Waals surface area contributed by atoms with E-state index in [4.69, 9.17) is 17.0 Å². The van der Waals surface area contributed by atoms with Crippen molar-refractivity contribution in [2.24, 2.45) is 0 Å². The summed E-state index contributed by atoms with van der Waals surface area (Å²) in [6.45, 7) is 3.28. The lowest BCUT2D eigenvalue weighted by Crippen LogP contribution is -2.22. The molecule has 0 amide bonds. The summed E-state index contributed by atoms with van der Waals surface area (Å²) in [6, 6.07) is 24.4. The van der Waals surface area contributed by atoms with Gasteiger partial charge in [-0.1, -0.05) is 88.3 Å². The summed E-state index contributed by atoms with van der Waals surface area (Å²) in [4.78, 5) is 0.676. The Morgan fingerprint density at radius 1 is 0.962 bits per heavy atom. The van der Waals surface area contributed by atoms with Crippen molar-refractivity contribution in [3.63, 3.8) is 0 Å². The number of benzene rings is 3. The molecule has 3 aromatic rings. The Hall–Kier alpha value is -2.17. The van der Waals surface area contributed by atoms with E-state index in [1.165, 1.54) is 11.1 Å². The van der Waals surface area contributed by atoms with Gasteiger partial charge < -0.3 is 10.1 Å². The van der Waals surface area contributed by atoms with E-state index in [1.807, 2.05) is 48.5 Å². The Labute approximate surface area is 168 Å². The van der Waals surface area contributed by atoms with Crippen molar-refractivity contribution in [3.05, 3.63) is 99.5 Å². The molecule has 0 aliphatic heterocycles. The van der Waals surface area contributed by atoms with Gasteiger partial charge in [0.05, 0.1) is 5.56 Å². The highest BCUT2D eigenvalue weighted by atomic mass is 79.9. The summed E-state index contributed by atoms with van der Waals surface area (Å²) >= 11 is 9.13. The lowest BCUT2D eigenvalue weighted by molar-refractivity contribution is 0.305. The molecule has 4 heteroatoms. The Balaban J connectivity index is 1.70. The third kappa shape index (κ3) is 5.16. The molecule has 0 atom stereocenters. The molecule has 0 saturated heterocycles. The second-order valence-corrected chi connectivity index (χ2v) is 7.41. The molecule has 0 aliphatic rings. The number of aryl methyl sites for hydroxylation is 1. The predicted molar refractivity (Wildman–Crippen MR) is 115 cm³/mol. The van der Waals surface area contributed by atoms with Crippen molar-refractivity contribution in [1.29, 1.82) is 0 Å². The lowest BCUT2D eigenvalue weighted by Gasteiger charge is -2.14. The molecule has 0 aliphatic carbocycles. The van der Waals surface area contributed by atoms with Gasteiger partial charge in [-0.3, -0.25) is 0 Å². The maximum Gasteiger partial charge on any atom is 0.130 e. The molecular weight excluding hydrogens is 406 g/mol. The molecule has 0 fully saturated rings. The van der Waals surface area contributed by atoms with E-state index in [2.05, 4.69) is 52.4 Å². The number of thiocarbonyl (C=S) groups is 1. The zero-order chi connectivity index (χ0) is 18.4. The van der Waals surface area contributed by atoms with Crippen LogP contribution in [0, 0.1) is 6.92 Å². The maximum absolute atomic E-state index is 6.02. The highest BCUT2D eigenvalue weighted by Gasteiger charge is 2.10. The van der Waals surface area contributed by atoms with E-state index >= 15 is 0 Å². The molecule has 2 nitrogen and oxygen atoms in total. The minimum atomic E-state index is 0.510. The van der Waals surface area contributed by atoms with Crippen LogP contribution in [0.5, 0.6) is 5.75 Å². The fraction of sp³-hybridized carbons (Fsp3) is 0.136. The zero-order valence-electron chi connectivity index (χ0n) is 14.5. The van der Waals surface area contributed by atoms with Gasteiger partial charge in [0, 0.05) is 11.0 Å². The maximum atomic E-state index is 6.02. The van der Waals surface area contributed by atoms with Gasteiger partial charge in [0.1, 0.15) is 17.3 Å². The van der Waals surface area contributed by atoms with Crippen molar-refractivity contribution >= 4 is 33.1 Å². The zero-order valence-corrected chi connectivity index (χ0v) is 16.9. The smallest absolute Gasteiger partial charge is 0.130 e. The van der Waals surface area contributed by atoms with Crippen LogP contribution >= 0.6 is 28.1 Å². The molecule has 0 unspecified atom stereocenters. The van der Waals surface area contributed by atoms with Crippen LogP contribution in [-0.2, 0) is 13.2 Å². The van der Waals surface area contributed by atoms with Crippen molar-refractivity contribution in [2.45, 2.75) is 20.1 Å². The minimum absolute atomic E-state index is 0.510. The number of hydrogen-bond acceptors (Lipinski definition) is 2. The largest absolute Gasteiger partial charge is 0.488 e. The summed E-state index contributed by atoms with van der Waals surface area (Å²) in [6.07, 6.45) is 0. The number of halogens is 1. The van der Waals surface area contributed by atoms with Gasteiger partial charge in [0.25, 0.3) is 0 Å². The van der Waals surface area contributed by atoms with Gasteiger partial charge >= 0.3 is 0 Å². The number of rotatable bonds is 6. The summed E-state index contributed by atoms with van der Waals surface area (Å²) in [5, 5.41) is 3.33. The molecule has 0 saturated carbocycles. The average Bonchev–Trinajstić information content (AvgIpc) is 2.67. The topological polar surface area (TPSA) is 21.3 Å². The predicted octanol–water partition coefficient (Wildman–Crippen LogP) is 5.80. The number of ether oxygens (including phenoxy) is 1. The molecule has 0 heterocycles. The third-order valence-electron chi connectivity index (χ3n) is 4.00. The van der Waals surface area contributed by atoms with E-state index in [9.17, 15) is 0 Å².